The lowest BCUT2D eigenvalue weighted by atomic mass is 10.2. The van der Waals surface area contributed by atoms with Gasteiger partial charge < -0.3 is 9.84 Å². The molecule has 0 aromatic rings. The molecule has 80 valence electrons. The van der Waals surface area contributed by atoms with Crippen LogP contribution in [0.1, 0.15) is 12.8 Å². The normalized spacial score (nSPS) is 29.1. The molecule has 1 aliphatic heterocycles. The lowest BCUT2D eigenvalue weighted by Gasteiger charge is -2.33. The first-order valence-electron chi connectivity index (χ1n) is 5.26. The number of rotatable bonds is 4. The lowest BCUT2D eigenvalue weighted by molar-refractivity contribution is -0.124. The molecule has 14 heavy (non-hydrogen) atoms. The summed E-state index contributed by atoms with van der Waals surface area (Å²) < 4.78 is 5.25. The number of ether oxygens (including phenoxy) is 1. The summed E-state index contributed by atoms with van der Waals surface area (Å²) in [5.74, 6) is 0.655. The minimum absolute atomic E-state index is 0.0199. The number of hydrogen-bond donors (Lipinski definition) is 1. The molecule has 0 bridgehead atoms. The van der Waals surface area contributed by atoms with Gasteiger partial charge in [-0.3, -0.25) is 9.69 Å². The summed E-state index contributed by atoms with van der Waals surface area (Å²) in [7, 11) is 0. The van der Waals surface area contributed by atoms with Crippen LogP contribution >= 0.6 is 0 Å². The van der Waals surface area contributed by atoms with Crippen LogP contribution < -0.4 is 0 Å². The SMILES string of the molecule is O=C(CN1CCOCC1CO)C1CC1. The van der Waals surface area contributed by atoms with Crippen LogP contribution in [0.4, 0.5) is 0 Å². The van der Waals surface area contributed by atoms with E-state index >= 15 is 0 Å². The van der Waals surface area contributed by atoms with Crippen molar-refractivity contribution in [1.82, 2.24) is 4.90 Å². The zero-order valence-electron chi connectivity index (χ0n) is 8.32. The van der Waals surface area contributed by atoms with Gasteiger partial charge in [0, 0.05) is 12.5 Å². The number of ketones is 1. The highest BCUT2D eigenvalue weighted by Crippen LogP contribution is 2.30. The summed E-state index contributed by atoms with van der Waals surface area (Å²) >= 11 is 0. The fourth-order valence-corrected chi connectivity index (χ4v) is 1.80. The van der Waals surface area contributed by atoms with Gasteiger partial charge in [-0.15, -0.1) is 0 Å². The van der Waals surface area contributed by atoms with Crippen LogP contribution in [0.15, 0.2) is 0 Å². The van der Waals surface area contributed by atoms with E-state index in [1.54, 1.807) is 0 Å². The molecular formula is C10H17NO3. The van der Waals surface area contributed by atoms with E-state index in [0.717, 1.165) is 19.4 Å². The molecule has 0 spiro atoms. The van der Waals surface area contributed by atoms with Crippen LogP contribution in [0.3, 0.4) is 0 Å². The highest BCUT2D eigenvalue weighted by molar-refractivity contribution is 5.85. The van der Waals surface area contributed by atoms with Gasteiger partial charge in [0.25, 0.3) is 0 Å². The van der Waals surface area contributed by atoms with Crippen molar-refractivity contribution in [2.45, 2.75) is 18.9 Å². The van der Waals surface area contributed by atoms with E-state index in [1.807, 2.05) is 4.90 Å². The summed E-state index contributed by atoms with van der Waals surface area (Å²) in [6, 6.07) is 0.0199. The van der Waals surface area contributed by atoms with E-state index in [4.69, 9.17) is 9.84 Å². The van der Waals surface area contributed by atoms with Crippen molar-refractivity contribution >= 4 is 5.78 Å². The number of morpholine rings is 1. The van der Waals surface area contributed by atoms with E-state index in [2.05, 4.69) is 0 Å². The third-order valence-electron chi connectivity index (χ3n) is 2.95. The Bertz CT molecular complexity index is 215. The molecule has 0 aromatic carbocycles. The van der Waals surface area contributed by atoms with E-state index in [9.17, 15) is 4.79 Å². The van der Waals surface area contributed by atoms with Gasteiger partial charge in [0.15, 0.2) is 0 Å². The maximum absolute atomic E-state index is 11.6. The van der Waals surface area contributed by atoms with E-state index in [-0.39, 0.29) is 12.6 Å². The van der Waals surface area contributed by atoms with Crippen molar-refractivity contribution in [2.75, 3.05) is 32.9 Å². The molecule has 0 radical (unpaired) electrons. The molecule has 0 amide bonds. The molecule has 2 aliphatic rings. The van der Waals surface area contributed by atoms with Crippen molar-refractivity contribution in [3.8, 4) is 0 Å². The smallest absolute Gasteiger partial charge is 0.149 e. The first-order chi connectivity index (χ1) is 6.81. The zero-order chi connectivity index (χ0) is 9.97. The Balaban J connectivity index is 1.83. The molecule has 1 heterocycles. The molecule has 1 atom stereocenters. The van der Waals surface area contributed by atoms with Gasteiger partial charge >= 0.3 is 0 Å². The van der Waals surface area contributed by atoms with Crippen molar-refractivity contribution in [1.29, 1.82) is 0 Å². The van der Waals surface area contributed by atoms with Crippen molar-refractivity contribution in [3.63, 3.8) is 0 Å². The molecule has 2 rings (SSSR count). The number of carbonyl (C=O) groups excluding carboxylic acids is 1. The van der Waals surface area contributed by atoms with Gasteiger partial charge in [0.2, 0.25) is 0 Å². The molecule has 4 nitrogen and oxygen atoms in total. The van der Waals surface area contributed by atoms with Crippen LogP contribution in [0.2, 0.25) is 0 Å². The van der Waals surface area contributed by atoms with Gasteiger partial charge in [-0.2, -0.15) is 0 Å². The average Bonchev–Trinajstić information content (AvgIpc) is 3.02. The first kappa shape index (κ1) is 10.1. The summed E-state index contributed by atoms with van der Waals surface area (Å²) in [4.78, 5) is 13.6. The number of aliphatic hydroxyl groups is 1. The largest absolute Gasteiger partial charge is 0.395 e. The Hall–Kier alpha value is -0.450. The van der Waals surface area contributed by atoms with Gasteiger partial charge in [-0.1, -0.05) is 0 Å². The predicted molar refractivity (Wildman–Crippen MR) is 51.0 cm³/mol. The highest BCUT2D eigenvalue weighted by Gasteiger charge is 2.32. The molecule has 0 aromatic heterocycles. The second-order valence-corrected chi connectivity index (χ2v) is 4.12. The summed E-state index contributed by atoms with van der Waals surface area (Å²) in [6.07, 6.45) is 2.12. The van der Waals surface area contributed by atoms with Gasteiger partial charge in [0.1, 0.15) is 5.78 Å². The van der Waals surface area contributed by atoms with Crippen LogP contribution in [0, 0.1) is 5.92 Å². The quantitative estimate of drug-likeness (QED) is 0.673. The fraction of sp³-hybridized carbons (Fsp3) is 0.900. The first-order valence-corrected chi connectivity index (χ1v) is 5.26. The maximum Gasteiger partial charge on any atom is 0.149 e. The Morgan fingerprint density at radius 1 is 1.50 bits per heavy atom. The second kappa shape index (κ2) is 4.38. The summed E-state index contributed by atoms with van der Waals surface area (Å²) in [5.41, 5.74) is 0. The average molecular weight is 199 g/mol. The minimum atomic E-state index is 0.0199. The van der Waals surface area contributed by atoms with Crippen molar-refractivity contribution in [2.24, 2.45) is 5.92 Å². The van der Waals surface area contributed by atoms with Crippen molar-refractivity contribution < 1.29 is 14.6 Å². The molecule has 1 unspecified atom stereocenters. The topological polar surface area (TPSA) is 49.8 Å². The molecular weight excluding hydrogens is 182 g/mol. The number of nitrogens with zero attached hydrogens (tertiary/aromatic N) is 1. The van der Waals surface area contributed by atoms with E-state index in [1.165, 1.54) is 0 Å². The number of carbonyl (C=O) groups is 1. The monoisotopic (exact) mass is 199 g/mol. The third kappa shape index (κ3) is 2.32. The Kier molecular flexibility index (Phi) is 3.15. The summed E-state index contributed by atoms with van der Waals surface area (Å²) in [6.45, 7) is 2.57. The molecule has 1 saturated heterocycles. The number of Topliss-reactive ketones (excluding diaryl/α,β-unsaturated/α-hetero) is 1. The Morgan fingerprint density at radius 3 is 2.93 bits per heavy atom. The molecule has 2 fully saturated rings. The van der Waals surface area contributed by atoms with Crippen LogP contribution in [-0.4, -0.2) is 54.7 Å². The Morgan fingerprint density at radius 2 is 2.29 bits per heavy atom. The second-order valence-electron chi connectivity index (χ2n) is 4.12. The van der Waals surface area contributed by atoms with Crippen LogP contribution in [-0.2, 0) is 9.53 Å². The highest BCUT2D eigenvalue weighted by atomic mass is 16.5. The number of hydrogen-bond acceptors (Lipinski definition) is 4. The molecule has 1 saturated carbocycles. The van der Waals surface area contributed by atoms with Gasteiger partial charge in [-0.25, -0.2) is 0 Å². The van der Waals surface area contributed by atoms with Gasteiger partial charge in [0.05, 0.1) is 32.4 Å². The number of aliphatic hydroxyl groups excluding tert-OH is 1. The van der Waals surface area contributed by atoms with Crippen molar-refractivity contribution in [3.05, 3.63) is 0 Å². The maximum atomic E-state index is 11.6. The summed E-state index contributed by atoms with van der Waals surface area (Å²) in [5, 5.41) is 9.10. The fourth-order valence-electron chi connectivity index (χ4n) is 1.80. The minimum Gasteiger partial charge on any atom is -0.395 e. The van der Waals surface area contributed by atoms with Gasteiger partial charge in [-0.05, 0) is 12.8 Å². The van der Waals surface area contributed by atoms with E-state index < -0.39 is 0 Å². The van der Waals surface area contributed by atoms with Crippen LogP contribution in [0.5, 0.6) is 0 Å². The Labute approximate surface area is 83.8 Å². The third-order valence-corrected chi connectivity index (χ3v) is 2.95. The van der Waals surface area contributed by atoms with Crippen LogP contribution in [0.25, 0.3) is 0 Å². The molecule has 1 N–H and O–H groups in total. The zero-order valence-corrected chi connectivity index (χ0v) is 8.32. The molecule has 4 heteroatoms. The molecule has 1 aliphatic carbocycles. The standard InChI is InChI=1S/C10H17NO3/c12-6-9-7-14-4-3-11(9)5-10(13)8-1-2-8/h8-9,12H,1-7H2. The lowest BCUT2D eigenvalue weighted by Crippen LogP contribution is -2.49. The van der Waals surface area contributed by atoms with E-state index in [0.29, 0.717) is 31.5 Å². The predicted octanol–water partition coefficient (Wildman–Crippen LogP) is -0.341.